The molecular weight excluding hydrogens is 256 g/mol. The van der Waals surface area contributed by atoms with E-state index >= 15 is 0 Å². The van der Waals surface area contributed by atoms with Crippen LogP contribution in [0.15, 0.2) is 48.6 Å². The molecule has 0 aromatic heterocycles. The fourth-order valence-corrected chi connectivity index (χ4v) is 2.57. The van der Waals surface area contributed by atoms with E-state index < -0.39 is 11.8 Å². The summed E-state index contributed by atoms with van der Waals surface area (Å²) in [6, 6.07) is 6.58. The van der Waals surface area contributed by atoms with E-state index in [1.54, 1.807) is 24.3 Å². The maximum atomic E-state index is 11.7. The highest BCUT2D eigenvalue weighted by atomic mass is 16.2. The molecule has 2 aliphatic rings. The number of benzene rings is 1. The molecule has 3 rings (SSSR count). The zero-order valence-corrected chi connectivity index (χ0v) is 10.4. The third kappa shape index (κ3) is 1.86. The first-order valence-electron chi connectivity index (χ1n) is 6.19. The van der Waals surface area contributed by atoms with Crippen molar-refractivity contribution in [2.75, 3.05) is 0 Å². The molecule has 4 heteroatoms. The first-order chi connectivity index (χ1) is 9.58. The van der Waals surface area contributed by atoms with Gasteiger partial charge in [0.05, 0.1) is 0 Å². The van der Waals surface area contributed by atoms with Crippen LogP contribution in [0.3, 0.4) is 0 Å². The Hall–Kier alpha value is -2.62. The van der Waals surface area contributed by atoms with Crippen LogP contribution in [0.25, 0.3) is 0 Å². The molecule has 0 saturated carbocycles. The van der Waals surface area contributed by atoms with Gasteiger partial charge in [0.25, 0.3) is 0 Å². The van der Waals surface area contributed by atoms with Crippen molar-refractivity contribution < 1.29 is 19.2 Å². The highest BCUT2D eigenvalue weighted by Gasteiger charge is 2.33. The van der Waals surface area contributed by atoms with Gasteiger partial charge in [-0.05, 0) is 35.4 Å². The number of carbonyl (C=O) groups excluding carboxylic acids is 4. The third-order valence-corrected chi connectivity index (χ3v) is 3.54. The lowest BCUT2D eigenvalue weighted by Crippen LogP contribution is -2.16. The first-order valence-corrected chi connectivity index (χ1v) is 6.19. The molecule has 0 spiro atoms. The summed E-state index contributed by atoms with van der Waals surface area (Å²) >= 11 is 0. The molecule has 0 aliphatic heterocycles. The van der Waals surface area contributed by atoms with Gasteiger partial charge in [0.15, 0.2) is 23.1 Å². The van der Waals surface area contributed by atoms with Gasteiger partial charge in [-0.1, -0.05) is 24.3 Å². The largest absolute Gasteiger partial charge is 0.294 e. The van der Waals surface area contributed by atoms with Crippen LogP contribution in [0.5, 0.6) is 0 Å². The lowest BCUT2D eigenvalue weighted by Gasteiger charge is -2.12. The summed E-state index contributed by atoms with van der Waals surface area (Å²) in [7, 11) is 0. The molecular formula is C16H10O4. The SMILES string of the molecule is O=C1C=CC(=O)C1c1cccc(C2C(=O)C=CC2=O)c1. The van der Waals surface area contributed by atoms with E-state index in [1.807, 2.05) is 0 Å². The van der Waals surface area contributed by atoms with E-state index in [0.29, 0.717) is 11.1 Å². The Labute approximate surface area is 114 Å². The van der Waals surface area contributed by atoms with E-state index in [-0.39, 0.29) is 23.1 Å². The molecule has 0 amide bonds. The lowest BCUT2D eigenvalue weighted by atomic mass is 9.88. The van der Waals surface area contributed by atoms with Crippen molar-refractivity contribution in [2.24, 2.45) is 0 Å². The first kappa shape index (κ1) is 12.4. The number of rotatable bonds is 2. The van der Waals surface area contributed by atoms with Gasteiger partial charge in [0.2, 0.25) is 0 Å². The topological polar surface area (TPSA) is 68.3 Å². The summed E-state index contributed by atoms with van der Waals surface area (Å²) in [6.07, 6.45) is 5.03. The normalized spacial score (nSPS) is 19.6. The molecule has 0 fully saturated rings. The Morgan fingerprint density at radius 3 is 1.30 bits per heavy atom. The highest BCUT2D eigenvalue weighted by Crippen LogP contribution is 2.29. The average Bonchev–Trinajstić information content (AvgIpc) is 2.93. The average molecular weight is 266 g/mol. The minimum absolute atomic E-state index is 0.269. The van der Waals surface area contributed by atoms with Crippen LogP contribution in [0.2, 0.25) is 0 Å². The minimum atomic E-state index is -0.838. The molecule has 98 valence electrons. The molecule has 0 N–H and O–H groups in total. The van der Waals surface area contributed by atoms with Crippen molar-refractivity contribution in [1.29, 1.82) is 0 Å². The predicted octanol–water partition coefficient (Wildman–Crippen LogP) is 1.27. The number of carbonyl (C=O) groups is 4. The van der Waals surface area contributed by atoms with Gasteiger partial charge in [-0.15, -0.1) is 0 Å². The van der Waals surface area contributed by atoms with Gasteiger partial charge >= 0.3 is 0 Å². The second kappa shape index (κ2) is 4.49. The van der Waals surface area contributed by atoms with Gasteiger partial charge < -0.3 is 0 Å². The predicted molar refractivity (Wildman–Crippen MR) is 70.2 cm³/mol. The monoisotopic (exact) mass is 266 g/mol. The van der Waals surface area contributed by atoms with E-state index in [9.17, 15) is 19.2 Å². The van der Waals surface area contributed by atoms with Gasteiger partial charge in [0, 0.05) is 0 Å². The second-order valence-corrected chi connectivity index (χ2v) is 4.81. The summed E-state index contributed by atoms with van der Waals surface area (Å²) < 4.78 is 0. The molecule has 4 nitrogen and oxygen atoms in total. The maximum absolute atomic E-state index is 11.7. The van der Waals surface area contributed by atoms with Crippen LogP contribution in [0.4, 0.5) is 0 Å². The maximum Gasteiger partial charge on any atom is 0.171 e. The lowest BCUT2D eigenvalue weighted by molar-refractivity contribution is -0.123. The zero-order chi connectivity index (χ0) is 14.3. The smallest absolute Gasteiger partial charge is 0.171 e. The Bertz CT molecular complexity index is 616. The number of allylic oxidation sites excluding steroid dienone is 4. The van der Waals surface area contributed by atoms with Crippen LogP contribution in [-0.2, 0) is 19.2 Å². The summed E-state index contributed by atoms with van der Waals surface area (Å²) in [6.45, 7) is 0. The number of ketones is 4. The van der Waals surface area contributed by atoms with Gasteiger partial charge in [0.1, 0.15) is 11.8 Å². The van der Waals surface area contributed by atoms with Crippen molar-refractivity contribution in [2.45, 2.75) is 11.8 Å². The highest BCUT2D eigenvalue weighted by molar-refractivity contribution is 6.23. The molecule has 0 saturated heterocycles. The summed E-state index contributed by atoms with van der Waals surface area (Å²) in [5.41, 5.74) is 1.05. The Morgan fingerprint density at radius 2 is 0.950 bits per heavy atom. The zero-order valence-electron chi connectivity index (χ0n) is 10.4. The quantitative estimate of drug-likeness (QED) is 0.756. The fourth-order valence-electron chi connectivity index (χ4n) is 2.57. The molecule has 0 unspecified atom stereocenters. The Balaban J connectivity index is 1.99. The van der Waals surface area contributed by atoms with Crippen LogP contribution >= 0.6 is 0 Å². The second-order valence-electron chi connectivity index (χ2n) is 4.81. The number of hydrogen-bond donors (Lipinski definition) is 0. The molecule has 0 atom stereocenters. The summed E-state index contributed by atoms with van der Waals surface area (Å²) in [5, 5.41) is 0. The molecule has 0 heterocycles. The third-order valence-electron chi connectivity index (χ3n) is 3.54. The Kier molecular flexibility index (Phi) is 2.79. The molecule has 20 heavy (non-hydrogen) atoms. The van der Waals surface area contributed by atoms with E-state index in [2.05, 4.69) is 0 Å². The van der Waals surface area contributed by atoms with E-state index in [1.165, 1.54) is 24.3 Å². The van der Waals surface area contributed by atoms with Crippen LogP contribution < -0.4 is 0 Å². The van der Waals surface area contributed by atoms with Crippen molar-refractivity contribution in [3.8, 4) is 0 Å². The van der Waals surface area contributed by atoms with E-state index in [0.717, 1.165) is 0 Å². The Morgan fingerprint density at radius 1 is 0.600 bits per heavy atom. The van der Waals surface area contributed by atoms with Crippen LogP contribution in [0, 0.1) is 0 Å². The molecule has 1 aromatic rings. The van der Waals surface area contributed by atoms with Crippen LogP contribution in [0.1, 0.15) is 23.0 Å². The minimum Gasteiger partial charge on any atom is -0.294 e. The van der Waals surface area contributed by atoms with Gasteiger partial charge in [-0.2, -0.15) is 0 Å². The summed E-state index contributed by atoms with van der Waals surface area (Å²) in [4.78, 5) is 46.8. The molecule has 2 aliphatic carbocycles. The van der Waals surface area contributed by atoms with Crippen molar-refractivity contribution in [1.82, 2.24) is 0 Å². The summed E-state index contributed by atoms with van der Waals surface area (Å²) in [5.74, 6) is -2.75. The van der Waals surface area contributed by atoms with Crippen molar-refractivity contribution in [3.63, 3.8) is 0 Å². The standard InChI is InChI=1S/C16H10O4/c17-11-4-5-12(18)15(11)9-2-1-3-10(8-9)16-13(19)6-7-14(16)20/h1-8,15-16H. The van der Waals surface area contributed by atoms with E-state index in [4.69, 9.17) is 0 Å². The van der Waals surface area contributed by atoms with Crippen LogP contribution in [-0.4, -0.2) is 23.1 Å². The fraction of sp³-hybridized carbons (Fsp3) is 0.125. The van der Waals surface area contributed by atoms with Gasteiger partial charge in [-0.3, -0.25) is 19.2 Å². The molecule has 1 aromatic carbocycles. The number of hydrogen-bond acceptors (Lipinski definition) is 4. The molecule has 0 bridgehead atoms. The molecule has 0 radical (unpaired) electrons. The van der Waals surface area contributed by atoms with Crippen molar-refractivity contribution in [3.05, 3.63) is 59.7 Å². The van der Waals surface area contributed by atoms with Gasteiger partial charge in [-0.25, -0.2) is 0 Å². The van der Waals surface area contributed by atoms with Crippen molar-refractivity contribution >= 4 is 23.1 Å².